The van der Waals surface area contributed by atoms with Crippen LogP contribution >= 0.6 is 0 Å². The topological polar surface area (TPSA) is 44.8 Å². The van der Waals surface area contributed by atoms with Gasteiger partial charge in [-0.1, -0.05) is 18.2 Å². The van der Waals surface area contributed by atoms with E-state index in [0.717, 1.165) is 31.0 Å². The van der Waals surface area contributed by atoms with Crippen LogP contribution in [0.15, 0.2) is 42.5 Å². The number of likely N-dealkylation sites (N-methyl/N-ethyl adjacent to an activating group) is 1. The Bertz CT molecular complexity index is 791. The van der Waals surface area contributed by atoms with Gasteiger partial charge in [-0.2, -0.15) is 0 Å². The number of piperazine rings is 1. The van der Waals surface area contributed by atoms with Crippen LogP contribution in [0.3, 0.4) is 0 Å². The van der Waals surface area contributed by atoms with Crippen molar-refractivity contribution in [3.63, 3.8) is 0 Å². The fourth-order valence-corrected chi connectivity index (χ4v) is 3.50. The molecule has 0 bridgehead atoms. The van der Waals surface area contributed by atoms with Crippen LogP contribution in [0.25, 0.3) is 0 Å². The maximum atomic E-state index is 12.8. The second kappa shape index (κ2) is 7.79. The molecule has 0 aromatic heterocycles. The van der Waals surface area contributed by atoms with Gasteiger partial charge in [0.25, 0.3) is 5.91 Å². The van der Waals surface area contributed by atoms with Crippen molar-refractivity contribution >= 4 is 17.3 Å². The van der Waals surface area contributed by atoms with E-state index in [1.54, 1.807) is 19.2 Å². The first-order chi connectivity index (χ1) is 12.5. The summed E-state index contributed by atoms with van der Waals surface area (Å²) in [7, 11) is 3.73. The van der Waals surface area contributed by atoms with Crippen molar-refractivity contribution in [2.75, 3.05) is 44.0 Å². The summed E-state index contributed by atoms with van der Waals surface area (Å²) in [6.07, 6.45) is 0. The van der Waals surface area contributed by atoms with Crippen LogP contribution in [-0.4, -0.2) is 50.6 Å². The molecule has 0 saturated carbocycles. The summed E-state index contributed by atoms with van der Waals surface area (Å²) in [5, 5.41) is 3.08. The summed E-state index contributed by atoms with van der Waals surface area (Å²) < 4.78 is 5.32. The first kappa shape index (κ1) is 18.3. The first-order valence-corrected chi connectivity index (χ1v) is 9.00. The smallest absolute Gasteiger partial charge is 0.259 e. The second-order valence-corrected chi connectivity index (χ2v) is 6.98. The highest BCUT2D eigenvalue weighted by Crippen LogP contribution is 2.31. The number of aryl methyl sites for hydroxylation is 1. The zero-order chi connectivity index (χ0) is 18.7. The quantitative estimate of drug-likeness (QED) is 0.915. The summed E-state index contributed by atoms with van der Waals surface area (Å²) in [6.45, 7) is 7.27. The summed E-state index contributed by atoms with van der Waals surface area (Å²) in [5.41, 5.74) is 3.63. The third-order valence-corrected chi connectivity index (χ3v) is 4.89. The van der Waals surface area contributed by atoms with Crippen molar-refractivity contribution in [2.45, 2.75) is 19.9 Å². The molecule has 1 heterocycles. The minimum atomic E-state index is -0.158. The number of ether oxygens (including phenoxy) is 1. The van der Waals surface area contributed by atoms with Gasteiger partial charge in [-0.25, -0.2) is 0 Å². The minimum absolute atomic E-state index is 0.158. The molecule has 5 heteroatoms. The van der Waals surface area contributed by atoms with E-state index in [-0.39, 0.29) is 5.91 Å². The zero-order valence-corrected chi connectivity index (χ0v) is 16.0. The van der Waals surface area contributed by atoms with Gasteiger partial charge in [-0.05, 0) is 50.7 Å². The van der Waals surface area contributed by atoms with Crippen LogP contribution in [0.1, 0.15) is 22.8 Å². The number of methoxy groups -OCH3 is 1. The van der Waals surface area contributed by atoms with Gasteiger partial charge in [0.2, 0.25) is 0 Å². The Balaban J connectivity index is 1.90. The van der Waals surface area contributed by atoms with E-state index in [1.165, 1.54) is 5.56 Å². The van der Waals surface area contributed by atoms with E-state index in [1.807, 2.05) is 24.3 Å². The van der Waals surface area contributed by atoms with Gasteiger partial charge in [-0.15, -0.1) is 0 Å². The molecule has 138 valence electrons. The molecule has 0 aliphatic carbocycles. The molecule has 1 N–H and O–H groups in total. The first-order valence-electron chi connectivity index (χ1n) is 9.00. The molecule has 1 aliphatic rings. The second-order valence-electron chi connectivity index (χ2n) is 6.98. The van der Waals surface area contributed by atoms with E-state index < -0.39 is 0 Å². The van der Waals surface area contributed by atoms with Crippen molar-refractivity contribution in [3.8, 4) is 5.75 Å². The third-order valence-electron chi connectivity index (χ3n) is 4.89. The lowest BCUT2D eigenvalue weighted by molar-refractivity contribution is 0.102. The fourth-order valence-electron chi connectivity index (χ4n) is 3.50. The number of carbonyl (C=O) groups is 1. The molecule has 26 heavy (non-hydrogen) atoms. The SMILES string of the molecule is COc1ccccc1C(=O)Nc1ccc(C)cc1N1CCN(C)CC1C. The van der Waals surface area contributed by atoms with Crippen LogP contribution in [0.4, 0.5) is 11.4 Å². The van der Waals surface area contributed by atoms with Crippen molar-refractivity contribution < 1.29 is 9.53 Å². The average Bonchev–Trinajstić information content (AvgIpc) is 2.63. The molecule has 1 atom stereocenters. The van der Waals surface area contributed by atoms with Crippen LogP contribution in [0.5, 0.6) is 5.75 Å². The highest BCUT2D eigenvalue weighted by molar-refractivity contribution is 6.07. The Hall–Kier alpha value is -2.53. The molecule has 2 aromatic carbocycles. The van der Waals surface area contributed by atoms with Gasteiger partial charge >= 0.3 is 0 Å². The summed E-state index contributed by atoms with van der Waals surface area (Å²) >= 11 is 0. The van der Waals surface area contributed by atoms with E-state index in [9.17, 15) is 4.79 Å². The summed E-state index contributed by atoms with van der Waals surface area (Å²) in [4.78, 5) is 17.5. The third kappa shape index (κ3) is 3.83. The van der Waals surface area contributed by atoms with Crippen LogP contribution in [-0.2, 0) is 0 Å². The number of anilines is 2. The summed E-state index contributed by atoms with van der Waals surface area (Å²) in [6, 6.07) is 13.8. The van der Waals surface area contributed by atoms with Gasteiger partial charge in [0.1, 0.15) is 5.75 Å². The van der Waals surface area contributed by atoms with Gasteiger partial charge in [0.15, 0.2) is 0 Å². The van der Waals surface area contributed by atoms with Gasteiger partial charge in [0, 0.05) is 25.7 Å². The molecular formula is C21H27N3O2. The van der Waals surface area contributed by atoms with Crippen molar-refractivity contribution in [3.05, 3.63) is 53.6 Å². The molecule has 0 radical (unpaired) electrons. The number of benzene rings is 2. The van der Waals surface area contributed by atoms with Gasteiger partial charge in [0.05, 0.1) is 24.0 Å². The summed E-state index contributed by atoms with van der Waals surface area (Å²) in [5.74, 6) is 0.418. The van der Waals surface area contributed by atoms with Crippen LogP contribution in [0.2, 0.25) is 0 Å². The van der Waals surface area contributed by atoms with Crippen molar-refractivity contribution in [1.82, 2.24) is 4.90 Å². The van der Waals surface area contributed by atoms with E-state index in [0.29, 0.717) is 17.4 Å². The number of amides is 1. The minimum Gasteiger partial charge on any atom is -0.496 e. The van der Waals surface area contributed by atoms with E-state index in [4.69, 9.17) is 4.74 Å². The largest absolute Gasteiger partial charge is 0.496 e. The lowest BCUT2D eigenvalue weighted by atomic mass is 10.1. The fraction of sp³-hybridized carbons (Fsp3) is 0.381. The van der Waals surface area contributed by atoms with E-state index >= 15 is 0 Å². The molecule has 1 fully saturated rings. The number of para-hydroxylation sites is 1. The number of hydrogen-bond donors (Lipinski definition) is 1. The van der Waals surface area contributed by atoms with Crippen molar-refractivity contribution in [2.24, 2.45) is 0 Å². The predicted molar refractivity (Wildman–Crippen MR) is 106 cm³/mol. The predicted octanol–water partition coefficient (Wildman–Crippen LogP) is 3.40. The Morgan fingerprint density at radius 2 is 1.96 bits per heavy atom. The molecule has 1 unspecified atom stereocenters. The number of carbonyl (C=O) groups excluding carboxylic acids is 1. The average molecular weight is 353 g/mol. The molecule has 1 saturated heterocycles. The maximum absolute atomic E-state index is 12.8. The zero-order valence-electron chi connectivity index (χ0n) is 16.0. The van der Waals surface area contributed by atoms with Crippen LogP contribution < -0.4 is 15.0 Å². The Morgan fingerprint density at radius 1 is 1.19 bits per heavy atom. The van der Waals surface area contributed by atoms with Gasteiger partial charge in [-0.3, -0.25) is 4.79 Å². The standard InChI is InChI=1S/C21H27N3O2/c1-15-9-10-18(19(13-15)24-12-11-23(3)14-16(24)2)22-21(25)17-7-5-6-8-20(17)26-4/h5-10,13,16H,11-12,14H2,1-4H3,(H,22,25). The molecule has 1 aliphatic heterocycles. The number of rotatable bonds is 4. The Morgan fingerprint density at radius 3 is 2.69 bits per heavy atom. The van der Waals surface area contributed by atoms with Crippen LogP contribution in [0, 0.1) is 6.92 Å². The Labute approximate surface area is 155 Å². The lowest BCUT2D eigenvalue weighted by Crippen LogP contribution is -2.50. The number of nitrogens with zero attached hydrogens (tertiary/aromatic N) is 2. The molecule has 2 aromatic rings. The molecular weight excluding hydrogens is 326 g/mol. The number of hydrogen-bond acceptors (Lipinski definition) is 4. The molecule has 5 nitrogen and oxygen atoms in total. The van der Waals surface area contributed by atoms with Crippen molar-refractivity contribution in [1.29, 1.82) is 0 Å². The Kier molecular flexibility index (Phi) is 5.47. The molecule has 3 rings (SSSR count). The normalized spacial score (nSPS) is 17.8. The highest BCUT2D eigenvalue weighted by Gasteiger charge is 2.24. The maximum Gasteiger partial charge on any atom is 0.259 e. The van der Waals surface area contributed by atoms with E-state index in [2.05, 4.69) is 42.1 Å². The monoisotopic (exact) mass is 353 g/mol. The molecule has 0 spiro atoms. The highest BCUT2D eigenvalue weighted by atomic mass is 16.5. The molecule has 1 amide bonds. The lowest BCUT2D eigenvalue weighted by Gasteiger charge is -2.40. The number of nitrogens with one attached hydrogen (secondary N) is 1. The van der Waals surface area contributed by atoms with Gasteiger partial charge < -0.3 is 19.9 Å².